The Morgan fingerprint density at radius 2 is 1.71 bits per heavy atom. The monoisotopic (exact) mass is 433 g/mol. The fraction of sp³-hybridized carbons (Fsp3) is 0.652. The predicted octanol–water partition coefficient (Wildman–Crippen LogP) is 1.68. The van der Waals surface area contributed by atoms with E-state index in [-0.39, 0.29) is 6.42 Å². The molecule has 2 fully saturated rings. The molecule has 8 nitrogen and oxygen atoms in total. The molecule has 0 radical (unpaired) electrons. The second kappa shape index (κ2) is 11.9. The standard InChI is InChI=1S/C23H35N3O5/c1-29-22(27)17-21(23(28)30-2)31-20-5-3-19(4-6-20)26-15-13-25(14-16-26)12-9-18-7-10-24-11-8-18/h3-6,18,21,24H,7-17H2,1-2H3. The topological polar surface area (TPSA) is 80.3 Å². The maximum Gasteiger partial charge on any atom is 0.347 e. The number of anilines is 1. The molecule has 8 heteroatoms. The second-order valence-corrected chi connectivity index (χ2v) is 8.21. The van der Waals surface area contributed by atoms with Crippen LogP contribution in [0.2, 0.25) is 0 Å². The van der Waals surface area contributed by atoms with Crippen LogP contribution in [-0.4, -0.2) is 83.0 Å². The van der Waals surface area contributed by atoms with Gasteiger partial charge in [-0.2, -0.15) is 0 Å². The van der Waals surface area contributed by atoms with E-state index in [1.165, 1.54) is 53.1 Å². The van der Waals surface area contributed by atoms with E-state index in [2.05, 4.69) is 19.9 Å². The Bertz CT molecular complexity index is 698. The molecule has 0 saturated carbocycles. The number of carbonyl (C=O) groups is 2. The summed E-state index contributed by atoms with van der Waals surface area (Å²) in [5.74, 6) is 0.267. The van der Waals surface area contributed by atoms with Gasteiger partial charge in [0.25, 0.3) is 0 Å². The van der Waals surface area contributed by atoms with Crippen LogP contribution in [0, 0.1) is 5.92 Å². The number of ether oxygens (including phenoxy) is 3. The Hall–Kier alpha value is -2.32. The molecule has 31 heavy (non-hydrogen) atoms. The summed E-state index contributed by atoms with van der Waals surface area (Å²) in [4.78, 5) is 28.4. The third-order valence-corrected chi connectivity index (χ3v) is 6.21. The highest BCUT2D eigenvalue weighted by molar-refractivity contribution is 5.82. The van der Waals surface area contributed by atoms with Crippen molar-refractivity contribution in [2.75, 3.05) is 64.9 Å². The summed E-state index contributed by atoms with van der Waals surface area (Å²) in [6.45, 7) is 7.68. The van der Waals surface area contributed by atoms with Crippen molar-refractivity contribution in [3.8, 4) is 5.75 Å². The van der Waals surface area contributed by atoms with Crippen molar-refractivity contribution in [3.05, 3.63) is 24.3 Å². The van der Waals surface area contributed by atoms with Gasteiger partial charge < -0.3 is 24.4 Å². The van der Waals surface area contributed by atoms with Crippen LogP contribution in [0.15, 0.2) is 24.3 Å². The maximum atomic E-state index is 11.9. The van der Waals surface area contributed by atoms with Gasteiger partial charge in [-0.1, -0.05) is 0 Å². The number of nitrogens with zero attached hydrogens (tertiary/aromatic N) is 2. The zero-order valence-corrected chi connectivity index (χ0v) is 18.7. The molecule has 1 aromatic rings. The molecule has 1 N–H and O–H groups in total. The number of methoxy groups -OCH3 is 2. The lowest BCUT2D eigenvalue weighted by atomic mass is 9.94. The molecule has 2 aliphatic heterocycles. The summed E-state index contributed by atoms with van der Waals surface area (Å²) in [7, 11) is 2.55. The fourth-order valence-electron chi connectivity index (χ4n) is 4.20. The molecular formula is C23H35N3O5. The number of carbonyl (C=O) groups excluding carboxylic acids is 2. The van der Waals surface area contributed by atoms with Gasteiger partial charge in [0.1, 0.15) is 5.75 Å². The van der Waals surface area contributed by atoms with E-state index in [4.69, 9.17) is 9.47 Å². The molecule has 0 spiro atoms. The zero-order valence-electron chi connectivity index (χ0n) is 18.7. The van der Waals surface area contributed by atoms with Crippen molar-refractivity contribution in [2.45, 2.75) is 31.8 Å². The van der Waals surface area contributed by atoms with Crippen LogP contribution in [0.5, 0.6) is 5.75 Å². The summed E-state index contributed by atoms with van der Waals surface area (Å²) in [5.41, 5.74) is 1.13. The first-order valence-electron chi connectivity index (χ1n) is 11.2. The van der Waals surface area contributed by atoms with Gasteiger partial charge in [0.2, 0.25) is 6.10 Å². The van der Waals surface area contributed by atoms with E-state index in [1.54, 1.807) is 0 Å². The lowest BCUT2D eigenvalue weighted by Crippen LogP contribution is -2.47. The molecule has 172 valence electrons. The van der Waals surface area contributed by atoms with Crippen LogP contribution >= 0.6 is 0 Å². The van der Waals surface area contributed by atoms with E-state index in [1.807, 2.05) is 24.3 Å². The van der Waals surface area contributed by atoms with Crippen molar-refractivity contribution >= 4 is 17.6 Å². The SMILES string of the molecule is COC(=O)CC(Oc1ccc(N2CCN(CCC3CCNCC3)CC2)cc1)C(=O)OC. The largest absolute Gasteiger partial charge is 0.478 e. The second-order valence-electron chi connectivity index (χ2n) is 8.21. The highest BCUT2D eigenvalue weighted by atomic mass is 16.6. The first kappa shape index (κ1) is 23.3. The van der Waals surface area contributed by atoms with Crippen LogP contribution in [0.3, 0.4) is 0 Å². The van der Waals surface area contributed by atoms with Crippen LogP contribution in [0.25, 0.3) is 0 Å². The molecule has 1 unspecified atom stereocenters. The van der Waals surface area contributed by atoms with Gasteiger partial charge in [0, 0.05) is 31.9 Å². The van der Waals surface area contributed by atoms with E-state index < -0.39 is 18.0 Å². The molecule has 0 aliphatic carbocycles. The normalized spacial score (nSPS) is 19.0. The van der Waals surface area contributed by atoms with Gasteiger partial charge in [-0.3, -0.25) is 9.69 Å². The summed E-state index contributed by atoms with van der Waals surface area (Å²) < 4.78 is 15.0. The minimum atomic E-state index is -1.02. The molecule has 3 rings (SSSR count). The lowest BCUT2D eigenvalue weighted by Gasteiger charge is -2.37. The molecule has 0 bridgehead atoms. The first-order chi connectivity index (χ1) is 15.1. The van der Waals surface area contributed by atoms with E-state index in [9.17, 15) is 9.59 Å². The minimum absolute atomic E-state index is 0.190. The highest BCUT2D eigenvalue weighted by Gasteiger charge is 2.25. The smallest absolute Gasteiger partial charge is 0.347 e. The summed E-state index contributed by atoms with van der Waals surface area (Å²) >= 11 is 0. The van der Waals surface area contributed by atoms with Gasteiger partial charge in [-0.05, 0) is 69.1 Å². The molecular weight excluding hydrogens is 398 g/mol. The minimum Gasteiger partial charge on any atom is -0.478 e. The number of piperidine rings is 1. The average Bonchev–Trinajstić information content (AvgIpc) is 2.83. The first-order valence-corrected chi connectivity index (χ1v) is 11.2. The third-order valence-electron chi connectivity index (χ3n) is 6.21. The number of rotatable bonds is 9. The van der Waals surface area contributed by atoms with Gasteiger partial charge in [-0.15, -0.1) is 0 Å². The van der Waals surface area contributed by atoms with Crippen molar-refractivity contribution in [1.29, 1.82) is 0 Å². The average molecular weight is 434 g/mol. The number of hydrogen-bond acceptors (Lipinski definition) is 8. The number of esters is 2. The van der Waals surface area contributed by atoms with Crippen LogP contribution < -0.4 is 15.0 Å². The lowest BCUT2D eigenvalue weighted by molar-refractivity contribution is -0.155. The maximum absolute atomic E-state index is 11.9. The summed E-state index contributed by atoms with van der Waals surface area (Å²) in [6.07, 6.45) is 2.72. The van der Waals surface area contributed by atoms with E-state index in [0.29, 0.717) is 5.75 Å². The van der Waals surface area contributed by atoms with Gasteiger partial charge in [-0.25, -0.2) is 4.79 Å². The van der Waals surface area contributed by atoms with Crippen LogP contribution in [-0.2, 0) is 19.1 Å². The van der Waals surface area contributed by atoms with Gasteiger partial charge >= 0.3 is 11.9 Å². The van der Waals surface area contributed by atoms with Crippen molar-refractivity contribution < 1.29 is 23.8 Å². The molecule has 1 atom stereocenters. The van der Waals surface area contributed by atoms with Crippen molar-refractivity contribution in [2.24, 2.45) is 5.92 Å². The zero-order chi connectivity index (χ0) is 22.1. The van der Waals surface area contributed by atoms with E-state index in [0.717, 1.165) is 37.8 Å². The molecule has 2 heterocycles. The van der Waals surface area contributed by atoms with Crippen LogP contribution in [0.4, 0.5) is 5.69 Å². The number of benzene rings is 1. The van der Waals surface area contributed by atoms with Crippen molar-refractivity contribution in [3.63, 3.8) is 0 Å². The molecule has 0 aromatic heterocycles. The quantitative estimate of drug-likeness (QED) is 0.590. The Balaban J connectivity index is 1.46. The Labute approximate surface area is 184 Å². The Kier molecular flexibility index (Phi) is 8.97. The fourth-order valence-corrected chi connectivity index (χ4v) is 4.20. The molecule has 2 aliphatic rings. The Morgan fingerprint density at radius 3 is 2.32 bits per heavy atom. The Morgan fingerprint density at radius 1 is 1.03 bits per heavy atom. The molecule has 0 amide bonds. The predicted molar refractivity (Wildman–Crippen MR) is 118 cm³/mol. The summed E-state index contributed by atoms with van der Waals surface area (Å²) in [6, 6.07) is 7.64. The number of hydrogen-bond donors (Lipinski definition) is 1. The van der Waals surface area contributed by atoms with Gasteiger partial charge in [0.15, 0.2) is 0 Å². The van der Waals surface area contributed by atoms with E-state index >= 15 is 0 Å². The van der Waals surface area contributed by atoms with Crippen LogP contribution in [0.1, 0.15) is 25.7 Å². The molecule has 1 aromatic carbocycles. The third kappa shape index (κ3) is 7.11. The molecule has 2 saturated heterocycles. The summed E-state index contributed by atoms with van der Waals surface area (Å²) in [5, 5.41) is 3.44. The highest BCUT2D eigenvalue weighted by Crippen LogP contribution is 2.23. The number of nitrogens with one attached hydrogen (secondary N) is 1. The van der Waals surface area contributed by atoms with Crippen molar-refractivity contribution in [1.82, 2.24) is 10.2 Å². The number of piperazine rings is 1. The van der Waals surface area contributed by atoms with Gasteiger partial charge in [0.05, 0.1) is 20.6 Å².